The highest BCUT2D eigenvalue weighted by Crippen LogP contribution is 2.31. The van der Waals surface area contributed by atoms with Crippen LogP contribution in [0.3, 0.4) is 0 Å². The third kappa shape index (κ3) is 2.68. The summed E-state index contributed by atoms with van der Waals surface area (Å²) in [5, 5.41) is 20.2. The minimum atomic E-state index is 0.0640. The number of benzene rings is 1. The molecular formula is C20H19N7S. The van der Waals surface area contributed by atoms with Crippen LogP contribution in [0.15, 0.2) is 42.7 Å². The largest absolute Gasteiger partial charge is 0.275 e. The fraction of sp³-hybridized carbons (Fsp3) is 0.250. The van der Waals surface area contributed by atoms with Crippen LogP contribution < -0.4 is 0 Å². The minimum absolute atomic E-state index is 0.0640. The summed E-state index contributed by atoms with van der Waals surface area (Å²) in [5.41, 5.74) is 4.27. The van der Waals surface area contributed by atoms with E-state index in [4.69, 9.17) is 5.10 Å². The number of aryl methyl sites for hydroxylation is 2. The molecule has 7 nitrogen and oxygen atoms in total. The van der Waals surface area contributed by atoms with E-state index >= 15 is 0 Å². The predicted octanol–water partition coefficient (Wildman–Crippen LogP) is 3.85. The summed E-state index contributed by atoms with van der Waals surface area (Å²) >= 11 is 1.54. The molecule has 0 amide bonds. The second kappa shape index (κ2) is 6.49. The van der Waals surface area contributed by atoms with E-state index in [0.29, 0.717) is 0 Å². The van der Waals surface area contributed by atoms with Crippen molar-refractivity contribution < 1.29 is 0 Å². The number of fused-ring (bicyclic) bond motifs is 2. The van der Waals surface area contributed by atoms with E-state index in [1.54, 1.807) is 11.3 Å². The molecule has 0 N–H and O–H groups in total. The third-order valence-corrected chi connectivity index (χ3v) is 5.93. The maximum Gasteiger partial charge on any atom is 0.235 e. The smallest absolute Gasteiger partial charge is 0.235 e. The Hall–Kier alpha value is -3.13. The molecule has 1 atom stereocenters. The Balaban J connectivity index is 1.57. The van der Waals surface area contributed by atoms with Crippen molar-refractivity contribution in [3.63, 3.8) is 0 Å². The monoisotopic (exact) mass is 389 g/mol. The van der Waals surface area contributed by atoms with Crippen LogP contribution in [0.1, 0.15) is 36.8 Å². The SMILES string of the molecule is CCc1nn(C)cc1-c1nn2c(C(C)c3ccc4ncccc4c3)nnc2s1. The highest BCUT2D eigenvalue weighted by atomic mass is 32.1. The molecule has 4 heterocycles. The summed E-state index contributed by atoms with van der Waals surface area (Å²) < 4.78 is 3.70. The first kappa shape index (κ1) is 17.0. The number of pyridine rings is 1. The van der Waals surface area contributed by atoms with Gasteiger partial charge in [-0.3, -0.25) is 9.67 Å². The van der Waals surface area contributed by atoms with Gasteiger partial charge in [0.05, 0.1) is 16.8 Å². The van der Waals surface area contributed by atoms with E-state index in [0.717, 1.165) is 44.4 Å². The molecule has 140 valence electrons. The molecule has 28 heavy (non-hydrogen) atoms. The van der Waals surface area contributed by atoms with E-state index < -0.39 is 0 Å². The van der Waals surface area contributed by atoms with Gasteiger partial charge in [-0.2, -0.15) is 14.7 Å². The lowest BCUT2D eigenvalue weighted by Gasteiger charge is -2.10. The zero-order valence-electron chi connectivity index (χ0n) is 15.9. The first-order chi connectivity index (χ1) is 13.6. The van der Waals surface area contributed by atoms with Crippen molar-refractivity contribution in [2.75, 3.05) is 0 Å². The molecule has 1 unspecified atom stereocenters. The van der Waals surface area contributed by atoms with Crippen LogP contribution in [0.2, 0.25) is 0 Å². The standard InChI is InChI=1S/C20H19N7S/c1-4-16-15(11-26(3)24-16)19-25-27-18(22-23-20(27)28-19)12(2)13-7-8-17-14(10-13)6-5-9-21-17/h5-12H,4H2,1-3H3. The highest BCUT2D eigenvalue weighted by molar-refractivity contribution is 7.19. The molecule has 5 aromatic rings. The Morgan fingerprint density at radius 1 is 1.14 bits per heavy atom. The molecule has 4 aromatic heterocycles. The fourth-order valence-electron chi connectivity index (χ4n) is 3.50. The molecule has 0 saturated heterocycles. The molecule has 1 aromatic carbocycles. The van der Waals surface area contributed by atoms with Gasteiger partial charge >= 0.3 is 0 Å². The molecule has 8 heteroatoms. The number of rotatable bonds is 4. The summed E-state index contributed by atoms with van der Waals surface area (Å²) in [5.74, 6) is 0.900. The minimum Gasteiger partial charge on any atom is -0.275 e. The van der Waals surface area contributed by atoms with Gasteiger partial charge in [0.1, 0.15) is 0 Å². The van der Waals surface area contributed by atoms with Crippen LogP contribution in [-0.4, -0.2) is 34.6 Å². The zero-order chi connectivity index (χ0) is 19.3. The van der Waals surface area contributed by atoms with Crippen LogP contribution in [-0.2, 0) is 13.5 Å². The molecule has 0 radical (unpaired) electrons. The molecular weight excluding hydrogens is 370 g/mol. The number of aromatic nitrogens is 7. The summed E-state index contributed by atoms with van der Waals surface area (Å²) in [7, 11) is 1.94. The second-order valence-electron chi connectivity index (χ2n) is 6.85. The summed E-state index contributed by atoms with van der Waals surface area (Å²) in [6, 6.07) is 10.4. The van der Waals surface area contributed by atoms with Crippen molar-refractivity contribution in [2.24, 2.45) is 7.05 Å². The van der Waals surface area contributed by atoms with Crippen LogP contribution in [0.25, 0.3) is 26.4 Å². The fourth-order valence-corrected chi connectivity index (χ4v) is 4.38. The highest BCUT2D eigenvalue weighted by Gasteiger charge is 2.21. The second-order valence-corrected chi connectivity index (χ2v) is 7.81. The van der Waals surface area contributed by atoms with Crippen molar-refractivity contribution in [1.82, 2.24) is 34.6 Å². The molecule has 0 aliphatic heterocycles. The Labute approximate surface area is 165 Å². The van der Waals surface area contributed by atoms with Crippen LogP contribution in [0.5, 0.6) is 0 Å². The van der Waals surface area contributed by atoms with Crippen molar-refractivity contribution in [3.8, 4) is 10.6 Å². The average molecular weight is 389 g/mol. The van der Waals surface area contributed by atoms with Gasteiger partial charge in [0.25, 0.3) is 0 Å². The van der Waals surface area contributed by atoms with E-state index in [-0.39, 0.29) is 5.92 Å². The van der Waals surface area contributed by atoms with Gasteiger partial charge in [0, 0.05) is 30.7 Å². The summed E-state index contributed by atoms with van der Waals surface area (Å²) in [4.78, 5) is 5.19. The number of hydrogen-bond donors (Lipinski definition) is 0. The van der Waals surface area contributed by atoms with Crippen molar-refractivity contribution in [1.29, 1.82) is 0 Å². The molecule has 0 spiro atoms. The Bertz CT molecular complexity index is 1300. The normalized spacial score (nSPS) is 12.8. The van der Waals surface area contributed by atoms with Crippen molar-refractivity contribution in [3.05, 3.63) is 59.8 Å². The Morgan fingerprint density at radius 3 is 2.89 bits per heavy atom. The van der Waals surface area contributed by atoms with Gasteiger partial charge in [-0.1, -0.05) is 37.3 Å². The molecule has 5 rings (SSSR count). The van der Waals surface area contributed by atoms with E-state index in [2.05, 4.69) is 58.4 Å². The lowest BCUT2D eigenvalue weighted by molar-refractivity contribution is 0.746. The third-order valence-electron chi connectivity index (χ3n) is 5.00. The lowest BCUT2D eigenvalue weighted by atomic mass is 9.99. The number of nitrogens with zero attached hydrogens (tertiary/aromatic N) is 7. The Morgan fingerprint density at radius 2 is 2.04 bits per heavy atom. The lowest BCUT2D eigenvalue weighted by Crippen LogP contribution is -2.03. The van der Waals surface area contributed by atoms with Gasteiger partial charge in [-0.15, -0.1) is 10.2 Å². The molecule has 0 bridgehead atoms. The van der Waals surface area contributed by atoms with E-state index in [9.17, 15) is 0 Å². The molecule has 0 fully saturated rings. The zero-order valence-corrected chi connectivity index (χ0v) is 16.7. The molecule has 0 aliphatic carbocycles. The quantitative estimate of drug-likeness (QED) is 0.467. The van der Waals surface area contributed by atoms with Gasteiger partial charge in [0.2, 0.25) is 4.96 Å². The number of hydrogen-bond acceptors (Lipinski definition) is 6. The molecule has 0 saturated carbocycles. The maximum atomic E-state index is 4.82. The van der Waals surface area contributed by atoms with Crippen LogP contribution >= 0.6 is 11.3 Å². The van der Waals surface area contributed by atoms with Gasteiger partial charge < -0.3 is 0 Å². The van der Waals surface area contributed by atoms with Crippen molar-refractivity contribution >= 4 is 27.2 Å². The first-order valence-corrected chi connectivity index (χ1v) is 10.1. The van der Waals surface area contributed by atoms with E-state index in [1.165, 1.54) is 5.56 Å². The first-order valence-electron chi connectivity index (χ1n) is 9.23. The maximum absolute atomic E-state index is 4.82. The van der Waals surface area contributed by atoms with Crippen molar-refractivity contribution in [2.45, 2.75) is 26.2 Å². The average Bonchev–Trinajstić information content (AvgIpc) is 3.40. The van der Waals surface area contributed by atoms with Gasteiger partial charge in [0.15, 0.2) is 10.8 Å². The van der Waals surface area contributed by atoms with E-state index in [1.807, 2.05) is 34.7 Å². The van der Waals surface area contributed by atoms with Gasteiger partial charge in [-0.25, -0.2) is 0 Å². The predicted molar refractivity (Wildman–Crippen MR) is 109 cm³/mol. The summed E-state index contributed by atoms with van der Waals surface area (Å²) in [6.45, 7) is 4.24. The summed E-state index contributed by atoms with van der Waals surface area (Å²) in [6.07, 6.45) is 4.70. The van der Waals surface area contributed by atoms with Gasteiger partial charge in [-0.05, 0) is 30.2 Å². The van der Waals surface area contributed by atoms with Crippen LogP contribution in [0, 0.1) is 0 Å². The molecule has 0 aliphatic rings. The topological polar surface area (TPSA) is 73.8 Å². The Kier molecular flexibility index (Phi) is 3.94. The van der Waals surface area contributed by atoms with Crippen LogP contribution in [0.4, 0.5) is 0 Å².